The zero-order valence-electron chi connectivity index (χ0n) is 12.4. The molecule has 0 fully saturated rings. The van der Waals surface area contributed by atoms with Gasteiger partial charge in [-0.2, -0.15) is 0 Å². The molecule has 0 saturated carbocycles. The van der Waals surface area contributed by atoms with Gasteiger partial charge in [-0.05, 0) is 23.0 Å². The van der Waals surface area contributed by atoms with Gasteiger partial charge in [0.2, 0.25) is 0 Å². The van der Waals surface area contributed by atoms with Crippen LogP contribution in [-0.2, 0) is 13.2 Å². The van der Waals surface area contributed by atoms with E-state index in [-0.39, 0.29) is 18.6 Å². The van der Waals surface area contributed by atoms with Gasteiger partial charge in [0.1, 0.15) is 0 Å². The highest BCUT2D eigenvalue weighted by Crippen LogP contribution is 2.17. The number of rotatable bonds is 7. The first kappa shape index (κ1) is 16.2. The van der Waals surface area contributed by atoms with E-state index >= 15 is 0 Å². The third kappa shape index (κ3) is 6.71. The molecule has 0 spiro atoms. The molecule has 19 heavy (non-hydrogen) atoms. The minimum Gasteiger partial charge on any atom is -0.396 e. The maximum Gasteiger partial charge on any atom is 0.0681 e. The van der Waals surface area contributed by atoms with E-state index in [2.05, 4.69) is 37.8 Å². The Balaban J connectivity index is 2.63. The monoisotopic (exact) mass is 265 g/mol. The Labute approximate surface area is 116 Å². The van der Waals surface area contributed by atoms with Crippen LogP contribution in [-0.4, -0.2) is 34.8 Å². The van der Waals surface area contributed by atoms with Crippen molar-refractivity contribution in [1.29, 1.82) is 0 Å². The minimum absolute atomic E-state index is 0.0937. The first-order valence-corrected chi connectivity index (χ1v) is 6.96. The maximum atomic E-state index is 9.04. The molecule has 3 heteroatoms. The molecule has 1 aromatic carbocycles. The van der Waals surface area contributed by atoms with Crippen LogP contribution in [0.4, 0.5) is 0 Å². The summed E-state index contributed by atoms with van der Waals surface area (Å²) in [6.07, 6.45) is 0.810. The summed E-state index contributed by atoms with van der Waals surface area (Å²) >= 11 is 0. The van der Waals surface area contributed by atoms with E-state index in [1.54, 1.807) is 0 Å². The van der Waals surface area contributed by atoms with Crippen LogP contribution in [0, 0.1) is 5.41 Å². The lowest BCUT2D eigenvalue weighted by Gasteiger charge is -2.30. The van der Waals surface area contributed by atoms with Crippen molar-refractivity contribution in [3.63, 3.8) is 0 Å². The molecule has 0 radical (unpaired) electrons. The Morgan fingerprint density at radius 1 is 1.00 bits per heavy atom. The van der Waals surface area contributed by atoms with Crippen LogP contribution in [0.1, 0.15) is 38.3 Å². The van der Waals surface area contributed by atoms with Crippen LogP contribution in [0.2, 0.25) is 0 Å². The first-order valence-electron chi connectivity index (χ1n) is 6.96. The molecule has 0 atom stereocenters. The van der Waals surface area contributed by atoms with Crippen molar-refractivity contribution in [2.75, 3.05) is 19.7 Å². The van der Waals surface area contributed by atoms with E-state index in [9.17, 15) is 0 Å². The van der Waals surface area contributed by atoms with Crippen LogP contribution in [0.25, 0.3) is 0 Å². The van der Waals surface area contributed by atoms with Gasteiger partial charge in [0.05, 0.1) is 6.61 Å². The third-order valence-corrected chi connectivity index (χ3v) is 2.94. The highest BCUT2D eigenvalue weighted by Gasteiger charge is 2.16. The molecule has 1 aromatic rings. The number of hydrogen-bond acceptors (Lipinski definition) is 3. The zero-order valence-corrected chi connectivity index (χ0v) is 12.4. The molecule has 0 aliphatic heterocycles. The fraction of sp³-hybridized carbons (Fsp3) is 0.625. The van der Waals surface area contributed by atoms with Gasteiger partial charge in [0.15, 0.2) is 0 Å². The summed E-state index contributed by atoms with van der Waals surface area (Å²) in [5, 5.41) is 18.0. The summed E-state index contributed by atoms with van der Waals surface area (Å²) in [4.78, 5) is 2.38. The number of aliphatic hydroxyl groups excluding tert-OH is 2. The van der Waals surface area contributed by atoms with Gasteiger partial charge in [-0.1, -0.05) is 45.0 Å². The van der Waals surface area contributed by atoms with E-state index in [1.807, 2.05) is 12.1 Å². The van der Waals surface area contributed by atoms with E-state index in [4.69, 9.17) is 10.2 Å². The fourth-order valence-corrected chi connectivity index (χ4v) is 2.19. The summed E-state index contributed by atoms with van der Waals surface area (Å²) in [6, 6.07) is 8.08. The quantitative estimate of drug-likeness (QED) is 0.795. The van der Waals surface area contributed by atoms with E-state index in [1.165, 1.54) is 5.56 Å². The second kappa shape index (κ2) is 7.63. The van der Waals surface area contributed by atoms with Crippen LogP contribution < -0.4 is 0 Å². The van der Waals surface area contributed by atoms with Gasteiger partial charge < -0.3 is 10.2 Å². The first-order chi connectivity index (χ1) is 8.94. The van der Waals surface area contributed by atoms with E-state index in [0.717, 1.165) is 31.6 Å². The normalized spacial score (nSPS) is 12.1. The minimum atomic E-state index is 0.0937. The molecule has 0 heterocycles. The van der Waals surface area contributed by atoms with Crippen molar-refractivity contribution in [3.05, 3.63) is 35.4 Å². The van der Waals surface area contributed by atoms with Crippen molar-refractivity contribution in [3.8, 4) is 0 Å². The highest BCUT2D eigenvalue weighted by atomic mass is 16.3. The second-order valence-electron chi connectivity index (χ2n) is 6.32. The number of nitrogens with zero attached hydrogens (tertiary/aromatic N) is 1. The van der Waals surface area contributed by atoms with Crippen molar-refractivity contribution < 1.29 is 10.2 Å². The lowest BCUT2D eigenvalue weighted by atomic mass is 9.95. The smallest absolute Gasteiger partial charge is 0.0681 e. The van der Waals surface area contributed by atoms with E-state index < -0.39 is 0 Å². The molecular weight excluding hydrogens is 238 g/mol. The van der Waals surface area contributed by atoms with Crippen molar-refractivity contribution in [2.24, 2.45) is 5.41 Å². The van der Waals surface area contributed by atoms with Crippen molar-refractivity contribution in [1.82, 2.24) is 4.90 Å². The lowest BCUT2D eigenvalue weighted by molar-refractivity contribution is 0.166. The average Bonchev–Trinajstić information content (AvgIpc) is 2.35. The summed E-state index contributed by atoms with van der Waals surface area (Å²) in [6.45, 7) is 9.84. The van der Waals surface area contributed by atoms with Crippen molar-refractivity contribution in [2.45, 2.75) is 40.3 Å². The third-order valence-electron chi connectivity index (χ3n) is 2.94. The molecule has 108 valence electrons. The molecule has 3 nitrogen and oxygen atoms in total. The van der Waals surface area contributed by atoms with Gasteiger partial charge >= 0.3 is 0 Å². The molecule has 0 aliphatic carbocycles. The van der Waals surface area contributed by atoms with Crippen LogP contribution in [0.15, 0.2) is 24.3 Å². The molecule has 0 aliphatic rings. The Kier molecular flexibility index (Phi) is 6.49. The van der Waals surface area contributed by atoms with Crippen LogP contribution in [0.5, 0.6) is 0 Å². The van der Waals surface area contributed by atoms with Crippen LogP contribution in [0.3, 0.4) is 0 Å². The van der Waals surface area contributed by atoms with Gasteiger partial charge in [0, 0.05) is 26.2 Å². The predicted molar refractivity (Wildman–Crippen MR) is 78.8 cm³/mol. The molecule has 1 rings (SSSR count). The van der Waals surface area contributed by atoms with Gasteiger partial charge in [-0.3, -0.25) is 4.90 Å². The predicted octanol–water partition coefficient (Wildman–Crippen LogP) is 2.41. The molecule has 0 unspecified atom stereocenters. The zero-order chi connectivity index (χ0) is 14.3. The molecule has 0 amide bonds. The molecule has 0 bridgehead atoms. The van der Waals surface area contributed by atoms with Crippen LogP contribution >= 0.6 is 0 Å². The standard InChI is InChI=1S/C16H27NO2/c1-16(2,3)13-17(9-4-10-18)11-14-5-7-15(12-19)8-6-14/h5-8,18-19H,4,9-13H2,1-3H3. The van der Waals surface area contributed by atoms with Gasteiger partial charge in [-0.25, -0.2) is 0 Å². The van der Waals surface area contributed by atoms with Gasteiger partial charge in [-0.15, -0.1) is 0 Å². The summed E-state index contributed by atoms with van der Waals surface area (Å²) in [7, 11) is 0. The number of aliphatic hydroxyl groups is 2. The topological polar surface area (TPSA) is 43.7 Å². The maximum absolute atomic E-state index is 9.04. The summed E-state index contributed by atoms with van der Waals surface area (Å²) < 4.78 is 0. The molecular formula is C16H27NO2. The fourth-order valence-electron chi connectivity index (χ4n) is 2.19. The SMILES string of the molecule is CC(C)(C)CN(CCCO)Cc1ccc(CO)cc1. The second-order valence-corrected chi connectivity index (χ2v) is 6.32. The van der Waals surface area contributed by atoms with Crippen molar-refractivity contribution >= 4 is 0 Å². The Bertz CT molecular complexity index is 354. The Hall–Kier alpha value is -0.900. The Morgan fingerprint density at radius 2 is 1.58 bits per heavy atom. The highest BCUT2D eigenvalue weighted by molar-refractivity contribution is 5.21. The molecule has 2 N–H and O–H groups in total. The summed E-state index contributed by atoms with van der Waals surface area (Å²) in [5.74, 6) is 0. The Morgan fingerprint density at radius 3 is 2.05 bits per heavy atom. The average molecular weight is 265 g/mol. The number of hydrogen-bond donors (Lipinski definition) is 2. The molecule has 0 aromatic heterocycles. The van der Waals surface area contributed by atoms with Gasteiger partial charge in [0.25, 0.3) is 0 Å². The van der Waals surface area contributed by atoms with E-state index in [0.29, 0.717) is 0 Å². The largest absolute Gasteiger partial charge is 0.396 e. The molecule has 0 saturated heterocycles. The number of benzene rings is 1. The summed E-state index contributed by atoms with van der Waals surface area (Å²) in [5.41, 5.74) is 2.45. The lowest BCUT2D eigenvalue weighted by Crippen LogP contribution is -2.33.